The van der Waals surface area contributed by atoms with Gasteiger partial charge in [-0.2, -0.15) is 0 Å². The topological polar surface area (TPSA) is 55.7 Å². The third-order valence-corrected chi connectivity index (χ3v) is 6.27. The summed E-state index contributed by atoms with van der Waals surface area (Å²) >= 11 is 0. The zero-order chi connectivity index (χ0) is 17.9. The van der Waals surface area contributed by atoms with Crippen LogP contribution in [0.1, 0.15) is 77.6 Å². The molecule has 0 spiro atoms. The molecular formula is C21H42N2O2. The maximum Gasteiger partial charge on any atom is 0.0667 e. The first-order valence-corrected chi connectivity index (χ1v) is 10.9. The van der Waals surface area contributed by atoms with E-state index < -0.39 is 0 Å². The van der Waals surface area contributed by atoms with E-state index in [1.807, 2.05) is 6.92 Å². The van der Waals surface area contributed by atoms with Gasteiger partial charge in [0.1, 0.15) is 0 Å². The number of piperidine rings is 2. The van der Waals surface area contributed by atoms with Crippen LogP contribution in [0.3, 0.4) is 0 Å². The van der Waals surface area contributed by atoms with Crippen LogP contribution in [0.5, 0.6) is 0 Å². The predicted octanol–water partition coefficient (Wildman–Crippen LogP) is 3.17. The monoisotopic (exact) mass is 354 g/mol. The van der Waals surface area contributed by atoms with Crippen LogP contribution in [0.4, 0.5) is 0 Å². The molecule has 2 fully saturated rings. The lowest BCUT2D eigenvalue weighted by Gasteiger charge is -2.33. The summed E-state index contributed by atoms with van der Waals surface area (Å²) in [6.07, 6.45) is 13.1. The number of unbranched alkanes of at least 4 members (excludes halogenated alkanes) is 1. The number of nitrogens with one attached hydrogen (secondary N) is 1. The van der Waals surface area contributed by atoms with Gasteiger partial charge in [-0.3, -0.25) is 0 Å². The third-order valence-electron chi connectivity index (χ3n) is 6.27. The molecule has 2 rings (SSSR count). The minimum Gasteiger partial charge on any atom is -0.393 e. The zero-order valence-electron chi connectivity index (χ0n) is 16.5. The first-order chi connectivity index (χ1) is 12.1. The molecular weight excluding hydrogens is 312 g/mol. The van der Waals surface area contributed by atoms with Gasteiger partial charge in [0.05, 0.1) is 12.2 Å². The lowest BCUT2D eigenvalue weighted by Crippen LogP contribution is -2.38. The molecule has 4 heteroatoms. The molecule has 2 saturated heterocycles. The van der Waals surface area contributed by atoms with Gasteiger partial charge in [0, 0.05) is 6.54 Å². The number of aliphatic hydroxyl groups is 2. The molecule has 0 aromatic carbocycles. The Labute approximate surface area is 155 Å². The van der Waals surface area contributed by atoms with E-state index in [2.05, 4.69) is 10.2 Å². The molecule has 0 aliphatic carbocycles. The molecule has 2 aliphatic heterocycles. The van der Waals surface area contributed by atoms with E-state index in [-0.39, 0.29) is 12.2 Å². The Balaban J connectivity index is 1.47. The van der Waals surface area contributed by atoms with Crippen molar-refractivity contribution in [2.45, 2.75) is 89.8 Å². The second-order valence-electron chi connectivity index (χ2n) is 8.66. The summed E-state index contributed by atoms with van der Waals surface area (Å²) in [5.74, 6) is 1.89. The maximum atomic E-state index is 10.2. The number of hydrogen-bond acceptors (Lipinski definition) is 4. The number of hydrogen-bond donors (Lipinski definition) is 3. The van der Waals surface area contributed by atoms with Crippen molar-refractivity contribution >= 4 is 0 Å². The van der Waals surface area contributed by atoms with Crippen LogP contribution in [0.15, 0.2) is 0 Å². The Morgan fingerprint density at radius 2 is 1.48 bits per heavy atom. The highest BCUT2D eigenvalue weighted by Gasteiger charge is 2.21. The van der Waals surface area contributed by atoms with Crippen molar-refractivity contribution in [3.63, 3.8) is 0 Å². The minimum atomic E-state index is -0.203. The van der Waals surface area contributed by atoms with E-state index in [1.165, 1.54) is 71.1 Å². The molecule has 0 radical (unpaired) electrons. The Kier molecular flexibility index (Phi) is 10.4. The fourth-order valence-electron chi connectivity index (χ4n) is 4.53. The second-order valence-corrected chi connectivity index (χ2v) is 8.66. The van der Waals surface area contributed by atoms with Crippen LogP contribution in [-0.4, -0.2) is 60.0 Å². The molecule has 148 valence electrons. The second kappa shape index (κ2) is 12.3. The normalized spacial score (nSPS) is 23.6. The van der Waals surface area contributed by atoms with Crippen molar-refractivity contribution < 1.29 is 10.2 Å². The molecule has 0 amide bonds. The molecule has 2 unspecified atom stereocenters. The van der Waals surface area contributed by atoms with Gasteiger partial charge in [0.2, 0.25) is 0 Å². The first kappa shape index (κ1) is 21.1. The molecule has 4 nitrogen and oxygen atoms in total. The SMILES string of the molecule is CC(O)CCCCC(O)CN1CCC(CCCC2CCNCC2)CC1. The van der Waals surface area contributed by atoms with Gasteiger partial charge in [0.15, 0.2) is 0 Å². The van der Waals surface area contributed by atoms with Crippen LogP contribution in [0.25, 0.3) is 0 Å². The van der Waals surface area contributed by atoms with Crippen LogP contribution >= 0.6 is 0 Å². The molecule has 25 heavy (non-hydrogen) atoms. The van der Waals surface area contributed by atoms with Crippen LogP contribution in [0.2, 0.25) is 0 Å². The van der Waals surface area contributed by atoms with Crippen molar-refractivity contribution in [2.24, 2.45) is 11.8 Å². The van der Waals surface area contributed by atoms with E-state index in [9.17, 15) is 10.2 Å². The number of rotatable bonds is 11. The summed E-state index contributed by atoms with van der Waals surface area (Å²) in [7, 11) is 0. The highest BCUT2D eigenvalue weighted by molar-refractivity contribution is 4.76. The predicted molar refractivity (Wildman–Crippen MR) is 105 cm³/mol. The zero-order valence-corrected chi connectivity index (χ0v) is 16.5. The van der Waals surface area contributed by atoms with Crippen LogP contribution < -0.4 is 5.32 Å². The van der Waals surface area contributed by atoms with Crippen molar-refractivity contribution in [1.29, 1.82) is 0 Å². The average Bonchev–Trinajstić information content (AvgIpc) is 2.61. The van der Waals surface area contributed by atoms with E-state index in [0.29, 0.717) is 0 Å². The Hall–Kier alpha value is -0.160. The molecule has 0 saturated carbocycles. The Morgan fingerprint density at radius 1 is 0.880 bits per heavy atom. The summed E-state index contributed by atoms with van der Waals surface area (Å²) in [6, 6.07) is 0. The Bertz CT molecular complexity index is 324. The minimum absolute atomic E-state index is 0.189. The molecule has 3 N–H and O–H groups in total. The highest BCUT2D eigenvalue weighted by atomic mass is 16.3. The summed E-state index contributed by atoms with van der Waals surface area (Å²) in [5, 5.41) is 22.9. The molecule has 2 atom stereocenters. The lowest BCUT2D eigenvalue weighted by molar-refractivity contribution is 0.0793. The number of nitrogens with zero attached hydrogens (tertiary/aromatic N) is 1. The van der Waals surface area contributed by atoms with Crippen LogP contribution in [-0.2, 0) is 0 Å². The summed E-state index contributed by atoms with van der Waals surface area (Å²) in [5.41, 5.74) is 0. The van der Waals surface area contributed by atoms with E-state index in [0.717, 1.165) is 44.1 Å². The van der Waals surface area contributed by atoms with Gasteiger partial charge in [-0.15, -0.1) is 0 Å². The van der Waals surface area contributed by atoms with Crippen molar-refractivity contribution in [1.82, 2.24) is 10.2 Å². The van der Waals surface area contributed by atoms with E-state index in [1.54, 1.807) is 0 Å². The smallest absolute Gasteiger partial charge is 0.0667 e. The summed E-state index contributed by atoms with van der Waals surface area (Å²) < 4.78 is 0. The van der Waals surface area contributed by atoms with Gasteiger partial charge < -0.3 is 20.4 Å². The molecule has 2 aliphatic rings. The fraction of sp³-hybridized carbons (Fsp3) is 1.00. The van der Waals surface area contributed by atoms with Gasteiger partial charge in [-0.1, -0.05) is 32.1 Å². The third kappa shape index (κ3) is 9.37. The Morgan fingerprint density at radius 3 is 2.12 bits per heavy atom. The van der Waals surface area contributed by atoms with Crippen molar-refractivity contribution in [3.8, 4) is 0 Å². The largest absolute Gasteiger partial charge is 0.393 e. The average molecular weight is 355 g/mol. The summed E-state index contributed by atoms with van der Waals surface area (Å²) in [4.78, 5) is 2.46. The number of aliphatic hydroxyl groups excluding tert-OH is 2. The van der Waals surface area contributed by atoms with Gasteiger partial charge >= 0.3 is 0 Å². The maximum absolute atomic E-state index is 10.2. The summed E-state index contributed by atoms with van der Waals surface area (Å²) in [6.45, 7) is 7.48. The standard InChI is InChI=1S/C21H42N2O2/c1-18(24)5-2-3-8-21(25)17-23-15-11-20(12-16-23)7-4-6-19-9-13-22-14-10-19/h18-22,24-25H,2-17H2,1H3. The molecule has 0 aromatic heterocycles. The molecule has 0 bridgehead atoms. The molecule has 0 aromatic rings. The number of β-amino-alcohol motifs (C(OH)–C–C–N with tert-alkyl or cyclic N) is 1. The van der Waals surface area contributed by atoms with E-state index in [4.69, 9.17) is 0 Å². The van der Waals surface area contributed by atoms with Gasteiger partial charge in [-0.25, -0.2) is 0 Å². The fourth-order valence-corrected chi connectivity index (χ4v) is 4.53. The number of likely N-dealkylation sites (tertiary alicyclic amines) is 1. The van der Waals surface area contributed by atoms with Crippen molar-refractivity contribution in [3.05, 3.63) is 0 Å². The van der Waals surface area contributed by atoms with Crippen molar-refractivity contribution in [2.75, 3.05) is 32.7 Å². The van der Waals surface area contributed by atoms with Gasteiger partial charge in [-0.05, 0) is 83.5 Å². The lowest BCUT2D eigenvalue weighted by atomic mass is 9.87. The van der Waals surface area contributed by atoms with Gasteiger partial charge in [0.25, 0.3) is 0 Å². The first-order valence-electron chi connectivity index (χ1n) is 10.9. The molecule has 2 heterocycles. The highest BCUT2D eigenvalue weighted by Crippen LogP contribution is 2.26. The quantitative estimate of drug-likeness (QED) is 0.499. The van der Waals surface area contributed by atoms with E-state index >= 15 is 0 Å². The van der Waals surface area contributed by atoms with Crippen LogP contribution in [0, 0.1) is 11.8 Å².